The maximum Gasteiger partial charge on any atom is 0.373 e. The van der Waals surface area contributed by atoms with E-state index in [9.17, 15) is 22.8 Å². The van der Waals surface area contributed by atoms with Gasteiger partial charge in [0.25, 0.3) is 5.91 Å². The highest BCUT2D eigenvalue weighted by atomic mass is 36.0. The van der Waals surface area contributed by atoms with Crippen LogP contribution in [-0.2, 0) is 82.2 Å². The summed E-state index contributed by atoms with van der Waals surface area (Å²) in [5, 5.41) is 35.2. The lowest BCUT2D eigenvalue weighted by atomic mass is 9.93. The van der Waals surface area contributed by atoms with Gasteiger partial charge in [0, 0.05) is 139 Å². The van der Waals surface area contributed by atoms with E-state index in [1.807, 2.05) is 81.4 Å². The van der Waals surface area contributed by atoms with Crippen LogP contribution in [0.5, 0.6) is 0 Å². The molecule has 1 amide bonds. The van der Waals surface area contributed by atoms with Gasteiger partial charge in [-0.25, -0.2) is 52.8 Å². The number of carbonyl (C=O) groups excluding carboxylic acids is 5. The van der Waals surface area contributed by atoms with E-state index < -0.39 is 30.9 Å². The third-order valence-corrected chi connectivity index (χ3v) is 25.4. The number of anilines is 2. The molecular weight excluding hydrogens is 1860 g/mol. The summed E-state index contributed by atoms with van der Waals surface area (Å²) in [7, 11) is 4.11. The molecule has 9 atom stereocenters. The number of nitrogens with zero attached hydrogens (tertiary/aromatic N) is 9. The van der Waals surface area contributed by atoms with Gasteiger partial charge in [-0.05, 0) is 177 Å². The van der Waals surface area contributed by atoms with Crippen molar-refractivity contribution in [1.82, 2.24) is 40.7 Å². The van der Waals surface area contributed by atoms with Crippen molar-refractivity contribution in [3.05, 3.63) is 223 Å². The van der Waals surface area contributed by atoms with Crippen molar-refractivity contribution >= 4 is 204 Å². The number of aryl methyl sites for hydroxylation is 1. The van der Waals surface area contributed by atoms with Crippen molar-refractivity contribution in [1.29, 1.82) is 5.26 Å². The topological polar surface area (TPSA) is 366 Å². The number of sulfone groups is 1. The predicted molar refractivity (Wildman–Crippen MR) is 470 cm³/mol. The first-order valence-corrected chi connectivity index (χ1v) is 45.9. The number of benzene rings is 5. The van der Waals surface area contributed by atoms with Gasteiger partial charge >= 0.3 is 18.1 Å². The van der Waals surface area contributed by atoms with Crippen LogP contribution in [0, 0.1) is 35.0 Å². The second kappa shape index (κ2) is 46.7. The number of fused-ring (bicyclic) bond motifs is 3. The molecule has 8 fully saturated rings. The van der Waals surface area contributed by atoms with Crippen LogP contribution in [0.1, 0.15) is 114 Å². The first-order chi connectivity index (χ1) is 56.9. The third-order valence-electron chi connectivity index (χ3n) is 20.5. The number of nitrogens with one attached hydrogen (secondary N) is 2. The molecular formula is C80H85Cl13N12O13S2. The molecule has 8 aliphatic rings. The number of amides is 1. The Morgan fingerprint density at radius 3 is 1.39 bits per heavy atom. The Hall–Kier alpha value is -6.11. The molecule has 3 aromatic heterocycles. The molecule has 0 bridgehead atoms. The Morgan fingerprint density at radius 2 is 1.07 bits per heavy atom. The Morgan fingerprint density at radius 1 is 0.658 bits per heavy atom. The number of hydroxylamine groups is 1. The molecule has 646 valence electrons. The summed E-state index contributed by atoms with van der Waals surface area (Å²) < 4.78 is 45.2. The summed E-state index contributed by atoms with van der Waals surface area (Å²) in [6.45, 7) is 16.4. The van der Waals surface area contributed by atoms with Crippen LogP contribution in [0.25, 0.3) is 0 Å². The summed E-state index contributed by atoms with van der Waals surface area (Å²) in [6, 6.07) is 30.5. The number of hydrogen-bond donors (Lipinski definition) is 5. The molecule has 0 radical (unpaired) electrons. The number of rotatable bonds is 16. The van der Waals surface area contributed by atoms with E-state index in [1.165, 1.54) is 67.2 Å². The highest BCUT2D eigenvalue weighted by Gasteiger charge is 2.63. The maximum absolute atomic E-state index is 11.7. The number of alkyl halides is 1. The quantitative estimate of drug-likeness (QED) is 0.0114. The second-order valence-electron chi connectivity index (χ2n) is 28.8. The maximum atomic E-state index is 11.7. The Bertz CT molecular complexity index is 5050. The van der Waals surface area contributed by atoms with Gasteiger partial charge < -0.3 is 40.2 Å². The van der Waals surface area contributed by atoms with Crippen molar-refractivity contribution in [2.75, 3.05) is 87.6 Å². The van der Waals surface area contributed by atoms with Gasteiger partial charge in [0.1, 0.15) is 0 Å². The fourth-order valence-corrected chi connectivity index (χ4v) is 16.1. The van der Waals surface area contributed by atoms with Crippen LogP contribution in [0.3, 0.4) is 0 Å². The number of piperidine rings is 3. The Kier molecular flexibility index (Phi) is 39.3. The molecule has 6 N–H and O–H groups in total. The summed E-state index contributed by atoms with van der Waals surface area (Å²) in [6.07, 6.45) is 16.4. The monoisotopic (exact) mass is 1940 g/mol. The lowest BCUT2D eigenvalue weighted by Gasteiger charge is -2.21. The third kappa shape index (κ3) is 28.5. The molecule has 0 unspecified atom stereocenters. The molecule has 16 rings (SSSR count). The standard InChI is InChI=1S/C18H17Cl2N3O2.C16H14Cl2N4O2.C11H13Cl2NO.C11H11Cl2N.C8H5Cl2N.C7H10N2O2S.C5H10O2.C3H5ClO.CO2.Cl2OS/c1-2-25-16(24)11-7-21-17(22-8-11)23-9-13-6-18(13,10-23)12-3-4-14(19)15(20)5-12;17-12-2-1-10(3-13(12)18)16-4-11(16)7-22(8-16)15-19-5-9(6-20-15)14(23)21-24;12-9-2-1-7(3-10(9)13)11(6-14)4-8(11)5-15;12-9-2-1-7(3-10(9)13)11-4-8(11)5-14-6-11;9-7-2-1-6(3-4-11)5-8(7)10;1-3-6-4-8-7(9-5-6)12(2,10)11;1-4(2)7-5(3)6;4-1-3-2-5-3;2-1-3;1-4(2)3/h3-5,7-8,13H,2,6,9-10H2,1H3;1-3,5-6,11,24H,4,7-8H2,(H,21,23);1-3,8,15H,4-6,14H2;1-3,8,14H,4-6H2;1-2,5H,3H2;4-5H,3H2,1-2H3;4H,1-3H3;3H,1-2H2;;/t13-,18+;11-,16+;8-,11-;8-,11+;;;;3-;;/m1111...1../s1. The molecule has 4 aliphatic heterocycles. The van der Waals surface area contributed by atoms with Gasteiger partial charge in [0.15, 0.2) is 0 Å². The number of aliphatic hydroxyl groups excluding tert-OH is 1. The number of esters is 2. The van der Waals surface area contributed by atoms with E-state index in [0.29, 0.717) is 116 Å². The van der Waals surface area contributed by atoms with Crippen LogP contribution in [0.4, 0.5) is 11.9 Å². The van der Waals surface area contributed by atoms with Gasteiger partial charge in [-0.15, -0.1) is 11.6 Å². The lowest BCUT2D eigenvalue weighted by Crippen LogP contribution is -2.28. The average molecular weight is 1950 g/mol. The molecule has 5 aromatic carbocycles. The highest BCUT2D eigenvalue weighted by Crippen LogP contribution is 2.62. The fraction of sp³-hybridized carbons (Fsp3) is 0.412. The summed E-state index contributed by atoms with van der Waals surface area (Å²) in [5.74, 6) is 2.84. The molecule has 4 saturated heterocycles. The zero-order valence-corrected chi connectivity index (χ0v) is 76.8. The van der Waals surface area contributed by atoms with Crippen LogP contribution < -0.4 is 26.3 Å². The minimum Gasteiger partial charge on any atom is -0.463 e. The number of nitriles is 1. The van der Waals surface area contributed by atoms with Crippen molar-refractivity contribution < 1.29 is 61.1 Å². The Labute approximate surface area is 762 Å². The summed E-state index contributed by atoms with van der Waals surface area (Å²) in [5.41, 5.74) is 15.1. The highest BCUT2D eigenvalue weighted by molar-refractivity contribution is 8.26. The molecule has 4 aliphatic carbocycles. The lowest BCUT2D eigenvalue weighted by molar-refractivity contribution is -0.191. The number of epoxide rings is 1. The summed E-state index contributed by atoms with van der Waals surface area (Å²) in [4.78, 5) is 78.2. The number of nitrogens with two attached hydrogens (primary N) is 1. The van der Waals surface area contributed by atoms with Gasteiger partial charge in [-0.3, -0.25) is 14.8 Å². The van der Waals surface area contributed by atoms with Crippen molar-refractivity contribution in [3.63, 3.8) is 0 Å². The number of carbonyl (C=O) groups is 3. The van der Waals surface area contributed by atoms with E-state index in [1.54, 1.807) is 36.7 Å². The van der Waals surface area contributed by atoms with Crippen molar-refractivity contribution in [2.24, 2.45) is 29.4 Å². The molecule has 40 heteroatoms. The van der Waals surface area contributed by atoms with E-state index in [-0.39, 0.29) is 57.7 Å². The van der Waals surface area contributed by atoms with Crippen LogP contribution in [0.15, 0.2) is 133 Å². The van der Waals surface area contributed by atoms with Crippen LogP contribution in [0.2, 0.25) is 50.2 Å². The normalized spacial score (nSPS) is 21.9. The minimum absolute atomic E-state index is 0.0255. The van der Waals surface area contributed by atoms with Crippen LogP contribution in [-0.4, -0.2) is 167 Å². The fourth-order valence-electron chi connectivity index (χ4n) is 13.9. The number of halogens is 13. The molecule has 4 saturated carbocycles. The number of hydrogen-bond acceptors (Lipinski definition) is 24. The number of ether oxygens (including phenoxy) is 3. The average Bonchev–Trinajstić information content (AvgIpc) is 1.53. The Balaban J connectivity index is 0.000000194. The summed E-state index contributed by atoms with van der Waals surface area (Å²) >= 11 is 64.8. The molecule has 7 heterocycles. The molecule has 0 spiro atoms. The van der Waals surface area contributed by atoms with Gasteiger partial charge in [-0.1, -0.05) is 153 Å². The van der Waals surface area contributed by atoms with Crippen LogP contribution >= 0.6 is 149 Å². The smallest absolute Gasteiger partial charge is 0.373 e. The number of aliphatic hydroxyl groups is 1. The van der Waals surface area contributed by atoms with Crippen molar-refractivity contribution in [3.8, 4) is 6.07 Å². The van der Waals surface area contributed by atoms with Crippen molar-refractivity contribution in [2.45, 2.75) is 112 Å². The second-order valence-corrected chi connectivity index (χ2v) is 37.7. The van der Waals surface area contributed by atoms with E-state index >= 15 is 0 Å². The van der Waals surface area contributed by atoms with Gasteiger partial charge in [-0.2, -0.15) is 14.9 Å². The molecule has 120 heavy (non-hydrogen) atoms. The van der Waals surface area contributed by atoms with E-state index in [2.05, 4.69) is 83.3 Å². The first kappa shape index (κ1) is 101. The zero-order chi connectivity index (χ0) is 88.6. The number of aromatic nitrogens is 6. The van der Waals surface area contributed by atoms with Gasteiger partial charge in [0.2, 0.25) is 36.1 Å². The first-order valence-electron chi connectivity index (χ1n) is 36.9. The largest absolute Gasteiger partial charge is 0.463 e. The molecule has 25 nitrogen and oxygen atoms in total. The SMILES string of the molecule is CC(=O)OC(C)C.CCOC(=O)c1cnc(N2C[C@H]3C[C@@]3(c3ccc(Cl)c(Cl)c3)C2)nc1.CCc1cnc(S(C)(=O)=O)nc1.ClC[C@@H]1CO1.Clc1ccc([C@]23CNC[C@H]2C3)cc1Cl.N#CCc1ccc(Cl)c(Cl)c1.NC[C@@]1(c2ccc(Cl)c(Cl)c2)C[C@@H]1CO.O=C(NO)c1cnc(N2C[C@H]3C[C@@]3(c3ccc(Cl)c(Cl)c3)C2)nc1.O=C=O.O=S(Cl)Cl. The molecule has 8 aromatic rings. The van der Waals surface area contributed by atoms with E-state index in [4.69, 9.17) is 172 Å². The minimum atomic E-state index is -3.25. The van der Waals surface area contributed by atoms with Gasteiger partial charge in [0.05, 0.1) is 105 Å². The predicted octanol–water partition coefficient (Wildman–Crippen LogP) is 17.0. The van der Waals surface area contributed by atoms with E-state index in [0.717, 1.165) is 100 Å². The zero-order valence-electron chi connectivity index (χ0n) is 65.3.